The molecule has 1 N–H and O–H groups in total. The average Bonchev–Trinajstić information content (AvgIpc) is 2.81. The van der Waals surface area contributed by atoms with Crippen LogP contribution >= 0.6 is 0 Å². The van der Waals surface area contributed by atoms with E-state index < -0.39 is 11.5 Å². The van der Waals surface area contributed by atoms with Gasteiger partial charge in [-0.1, -0.05) is 24.3 Å². The number of carbonyl (C=O) groups is 2. The van der Waals surface area contributed by atoms with E-state index in [4.69, 9.17) is 5.26 Å². The van der Waals surface area contributed by atoms with Gasteiger partial charge in [0.15, 0.2) is 0 Å². The first-order valence-electron chi connectivity index (χ1n) is 10.3. The van der Waals surface area contributed by atoms with E-state index in [1.54, 1.807) is 47.4 Å². The third-order valence-electron chi connectivity index (χ3n) is 5.47. The van der Waals surface area contributed by atoms with Crippen LogP contribution in [0.25, 0.3) is 10.9 Å². The minimum Gasteiger partial charge on any atom is -0.339 e. The van der Waals surface area contributed by atoms with Crippen LogP contribution in [0.3, 0.4) is 0 Å². The van der Waals surface area contributed by atoms with Gasteiger partial charge in [0.2, 0.25) is 5.91 Å². The molecule has 156 valence electrons. The van der Waals surface area contributed by atoms with Crippen LogP contribution in [-0.4, -0.2) is 34.4 Å². The van der Waals surface area contributed by atoms with Crippen molar-refractivity contribution in [2.45, 2.75) is 25.8 Å². The summed E-state index contributed by atoms with van der Waals surface area (Å²) in [7, 11) is 0. The van der Waals surface area contributed by atoms with Crippen LogP contribution in [-0.2, 0) is 11.3 Å². The molecule has 1 fully saturated rings. The van der Waals surface area contributed by atoms with Crippen LogP contribution in [0.1, 0.15) is 35.2 Å². The van der Waals surface area contributed by atoms with Crippen LogP contribution in [0.15, 0.2) is 59.4 Å². The van der Waals surface area contributed by atoms with Crippen molar-refractivity contribution >= 4 is 28.4 Å². The summed E-state index contributed by atoms with van der Waals surface area (Å²) < 4.78 is 1.37. The summed E-state index contributed by atoms with van der Waals surface area (Å²) in [5.41, 5.74) is 1.43. The van der Waals surface area contributed by atoms with Gasteiger partial charge < -0.3 is 10.2 Å². The van der Waals surface area contributed by atoms with Crippen molar-refractivity contribution in [2.24, 2.45) is 0 Å². The lowest BCUT2D eigenvalue weighted by atomic mass is 10.0. The molecule has 0 aliphatic carbocycles. The fourth-order valence-corrected chi connectivity index (χ4v) is 3.95. The van der Waals surface area contributed by atoms with Crippen LogP contribution < -0.4 is 10.9 Å². The highest BCUT2D eigenvalue weighted by atomic mass is 16.2. The molecule has 1 saturated heterocycles. The normalized spacial score (nSPS) is 13.6. The van der Waals surface area contributed by atoms with Crippen LogP contribution in [0.4, 0.5) is 5.69 Å². The highest BCUT2D eigenvalue weighted by Gasteiger charge is 2.22. The highest BCUT2D eigenvalue weighted by molar-refractivity contribution is 6.06. The average molecular weight is 414 g/mol. The van der Waals surface area contributed by atoms with Crippen molar-refractivity contribution in [3.8, 4) is 6.07 Å². The summed E-state index contributed by atoms with van der Waals surface area (Å²) >= 11 is 0. The van der Waals surface area contributed by atoms with Gasteiger partial charge in [0.25, 0.3) is 11.5 Å². The van der Waals surface area contributed by atoms with Gasteiger partial charge in [-0.25, -0.2) is 0 Å². The van der Waals surface area contributed by atoms with Gasteiger partial charge in [-0.15, -0.1) is 0 Å². The number of piperidine rings is 1. The predicted molar refractivity (Wildman–Crippen MR) is 118 cm³/mol. The molecule has 0 unspecified atom stereocenters. The number of nitrogens with one attached hydrogen (secondary N) is 1. The van der Waals surface area contributed by atoms with Crippen molar-refractivity contribution in [3.05, 3.63) is 76.1 Å². The van der Waals surface area contributed by atoms with Gasteiger partial charge in [-0.2, -0.15) is 5.26 Å². The van der Waals surface area contributed by atoms with Gasteiger partial charge in [-0.05, 0) is 43.5 Å². The van der Waals surface area contributed by atoms with E-state index in [2.05, 4.69) is 5.32 Å². The second-order valence-electron chi connectivity index (χ2n) is 7.59. The lowest BCUT2D eigenvalue weighted by Gasteiger charge is -2.27. The first-order chi connectivity index (χ1) is 15.1. The van der Waals surface area contributed by atoms with Crippen molar-refractivity contribution in [2.75, 3.05) is 18.4 Å². The van der Waals surface area contributed by atoms with E-state index in [-0.39, 0.29) is 12.5 Å². The number of hydrogen-bond acceptors (Lipinski definition) is 4. The standard InChI is InChI=1S/C24H22N4O3/c25-15-17-7-6-8-18(13-17)26-22(29)16-28-21-10-3-2-9-19(21)20(14-23(28)30)24(31)27-11-4-1-5-12-27/h2-3,6-10,13-14H,1,4-5,11-12,16H2,(H,26,29). The number of hydrogen-bond donors (Lipinski definition) is 1. The molecule has 1 aliphatic heterocycles. The van der Waals surface area contributed by atoms with Gasteiger partial charge in [-0.3, -0.25) is 19.0 Å². The zero-order valence-corrected chi connectivity index (χ0v) is 17.0. The number of fused-ring (bicyclic) bond motifs is 1. The Labute approximate surface area is 179 Å². The number of anilines is 1. The molecule has 2 heterocycles. The Balaban J connectivity index is 1.65. The molecule has 7 nitrogen and oxygen atoms in total. The Kier molecular flexibility index (Phi) is 5.80. The largest absolute Gasteiger partial charge is 0.339 e. The number of aromatic nitrogens is 1. The maximum Gasteiger partial charge on any atom is 0.254 e. The third-order valence-corrected chi connectivity index (χ3v) is 5.47. The Morgan fingerprint density at radius 3 is 2.55 bits per heavy atom. The molecular formula is C24H22N4O3. The van der Waals surface area contributed by atoms with Gasteiger partial charge in [0.05, 0.1) is 22.7 Å². The summed E-state index contributed by atoms with van der Waals surface area (Å²) in [6.45, 7) is 1.19. The highest BCUT2D eigenvalue weighted by Crippen LogP contribution is 2.21. The maximum absolute atomic E-state index is 13.1. The monoisotopic (exact) mass is 414 g/mol. The number of rotatable bonds is 4. The first kappa shape index (κ1) is 20.4. The number of amides is 2. The molecule has 1 aliphatic rings. The second-order valence-corrected chi connectivity index (χ2v) is 7.59. The molecule has 2 aromatic carbocycles. The zero-order chi connectivity index (χ0) is 21.8. The number of pyridine rings is 1. The molecule has 4 rings (SSSR count). The third kappa shape index (κ3) is 4.33. The van der Waals surface area contributed by atoms with Gasteiger partial charge in [0, 0.05) is 30.2 Å². The summed E-state index contributed by atoms with van der Waals surface area (Å²) in [6.07, 6.45) is 3.04. The second kappa shape index (κ2) is 8.84. The van der Waals surface area contributed by atoms with E-state index >= 15 is 0 Å². The maximum atomic E-state index is 13.1. The first-order valence-corrected chi connectivity index (χ1v) is 10.3. The van der Waals surface area contributed by atoms with Crippen molar-refractivity contribution in [1.29, 1.82) is 5.26 Å². The van der Waals surface area contributed by atoms with Crippen molar-refractivity contribution in [1.82, 2.24) is 9.47 Å². The topological polar surface area (TPSA) is 95.2 Å². The smallest absolute Gasteiger partial charge is 0.254 e. The fourth-order valence-electron chi connectivity index (χ4n) is 3.95. The molecule has 3 aromatic rings. The van der Waals surface area contributed by atoms with E-state index in [0.717, 1.165) is 19.3 Å². The zero-order valence-electron chi connectivity index (χ0n) is 17.0. The summed E-state index contributed by atoms with van der Waals surface area (Å²) in [4.78, 5) is 40.4. The number of nitriles is 1. The molecule has 0 saturated carbocycles. The van der Waals surface area contributed by atoms with E-state index in [1.807, 2.05) is 12.1 Å². The number of benzene rings is 2. The molecule has 0 radical (unpaired) electrons. The summed E-state index contributed by atoms with van der Waals surface area (Å²) in [5.74, 6) is -0.532. The lowest BCUT2D eigenvalue weighted by molar-refractivity contribution is -0.116. The molecule has 2 amide bonds. The Morgan fingerprint density at radius 1 is 1.00 bits per heavy atom. The molecule has 0 atom stereocenters. The molecule has 31 heavy (non-hydrogen) atoms. The van der Waals surface area contributed by atoms with Crippen molar-refractivity contribution in [3.63, 3.8) is 0 Å². The predicted octanol–water partition coefficient (Wildman–Crippen LogP) is 3.14. The number of para-hydroxylation sites is 1. The van der Waals surface area contributed by atoms with Gasteiger partial charge in [0.1, 0.15) is 6.54 Å². The number of nitrogens with zero attached hydrogens (tertiary/aromatic N) is 3. The van der Waals surface area contributed by atoms with Crippen LogP contribution in [0, 0.1) is 11.3 Å². The van der Waals surface area contributed by atoms with Crippen LogP contribution in [0.5, 0.6) is 0 Å². The van der Waals surface area contributed by atoms with E-state index in [1.165, 1.54) is 10.6 Å². The Hall–Kier alpha value is -3.92. The van der Waals surface area contributed by atoms with Gasteiger partial charge >= 0.3 is 0 Å². The fraction of sp³-hybridized carbons (Fsp3) is 0.250. The number of likely N-dealkylation sites (tertiary alicyclic amines) is 1. The Morgan fingerprint density at radius 2 is 1.77 bits per heavy atom. The lowest BCUT2D eigenvalue weighted by Crippen LogP contribution is -2.37. The minimum absolute atomic E-state index is 0.141. The summed E-state index contributed by atoms with van der Waals surface area (Å²) in [5, 5.41) is 12.4. The Bertz CT molecular complexity index is 1250. The minimum atomic E-state index is -0.403. The molecule has 7 heteroatoms. The molecular weight excluding hydrogens is 392 g/mol. The quantitative estimate of drug-likeness (QED) is 0.709. The number of carbonyl (C=O) groups excluding carboxylic acids is 2. The SMILES string of the molecule is N#Cc1cccc(NC(=O)Cn2c(=O)cc(C(=O)N3CCCCC3)c3ccccc32)c1. The molecule has 0 spiro atoms. The molecule has 0 bridgehead atoms. The molecule has 1 aromatic heterocycles. The van der Waals surface area contributed by atoms with Crippen LogP contribution in [0.2, 0.25) is 0 Å². The van der Waals surface area contributed by atoms with E-state index in [9.17, 15) is 14.4 Å². The van der Waals surface area contributed by atoms with Crippen molar-refractivity contribution < 1.29 is 9.59 Å². The van der Waals surface area contributed by atoms with E-state index in [0.29, 0.717) is 40.8 Å². The summed E-state index contributed by atoms with van der Waals surface area (Å²) in [6, 6.07) is 17.1.